The lowest BCUT2D eigenvalue weighted by molar-refractivity contribution is -0.255. The Bertz CT molecular complexity index is 897. The average Bonchev–Trinajstić information content (AvgIpc) is 2.52. The number of aryl methyl sites for hydroxylation is 1. The molecule has 1 heterocycles. The minimum atomic E-state index is -5.46. The monoisotopic (exact) mass is 394 g/mol. The maximum atomic E-state index is 13.2. The number of aromatic nitrogens is 2. The van der Waals surface area contributed by atoms with Crippen LogP contribution in [0, 0.1) is 6.92 Å². The quantitative estimate of drug-likeness (QED) is 0.691. The fourth-order valence-electron chi connectivity index (χ4n) is 2.31. The van der Waals surface area contributed by atoms with Crippen molar-refractivity contribution in [1.29, 1.82) is 0 Å². The standard InChI is InChI=1S/C15H12F6N4O2/c1-6-2-3-7(13(27,12(23)26)15(19,20)21)4-8(6)9-5-24-11(22)10(25-9)14(16,17)18/h2-5,27H,1H3,(H2,22,24)(H2,23,26). The van der Waals surface area contributed by atoms with Crippen molar-refractivity contribution in [3.05, 3.63) is 41.2 Å². The second-order valence-electron chi connectivity index (χ2n) is 5.59. The summed E-state index contributed by atoms with van der Waals surface area (Å²) in [4.78, 5) is 18.0. The first-order valence-electron chi connectivity index (χ1n) is 7.09. The lowest BCUT2D eigenvalue weighted by Gasteiger charge is -2.28. The molecule has 0 aliphatic rings. The van der Waals surface area contributed by atoms with Crippen LogP contribution in [0.25, 0.3) is 11.3 Å². The third-order valence-electron chi connectivity index (χ3n) is 3.77. The first-order valence-corrected chi connectivity index (χ1v) is 7.09. The number of benzene rings is 1. The SMILES string of the molecule is Cc1ccc(C(O)(C(N)=O)C(F)(F)F)cc1-c1cnc(N)c(C(F)(F)F)n1. The highest BCUT2D eigenvalue weighted by Gasteiger charge is 2.60. The van der Waals surface area contributed by atoms with Crippen LogP contribution in [0.5, 0.6) is 0 Å². The molecule has 1 amide bonds. The van der Waals surface area contributed by atoms with Gasteiger partial charge in [-0.05, 0) is 18.6 Å². The summed E-state index contributed by atoms with van der Waals surface area (Å²) < 4.78 is 78.4. The van der Waals surface area contributed by atoms with Crippen molar-refractivity contribution in [2.75, 3.05) is 5.73 Å². The van der Waals surface area contributed by atoms with Gasteiger partial charge in [0.2, 0.25) is 0 Å². The fourth-order valence-corrected chi connectivity index (χ4v) is 2.31. The number of halogens is 6. The smallest absolute Gasteiger partial charge is 0.382 e. The summed E-state index contributed by atoms with van der Waals surface area (Å²) in [6, 6.07) is 2.52. The van der Waals surface area contributed by atoms with Crippen molar-refractivity contribution in [2.24, 2.45) is 5.73 Å². The lowest BCUT2D eigenvalue weighted by atomic mass is 9.89. The molecule has 12 heteroatoms. The van der Waals surface area contributed by atoms with Crippen LogP contribution in [0.2, 0.25) is 0 Å². The summed E-state index contributed by atoms with van der Waals surface area (Å²) in [5.41, 5.74) is 2.85. The van der Waals surface area contributed by atoms with Crippen molar-refractivity contribution in [2.45, 2.75) is 24.9 Å². The molecule has 0 aliphatic heterocycles. The Morgan fingerprint density at radius 3 is 2.22 bits per heavy atom. The number of hydrogen-bond acceptors (Lipinski definition) is 5. The summed E-state index contributed by atoms with van der Waals surface area (Å²) in [6.45, 7) is 1.38. The van der Waals surface area contributed by atoms with Crippen molar-refractivity contribution in [3.63, 3.8) is 0 Å². The zero-order chi connectivity index (χ0) is 20.8. The van der Waals surface area contributed by atoms with Crippen LogP contribution < -0.4 is 11.5 Å². The van der Waals surface area contributed by atoms with Crippen LogP contribution in [-0.4, -0.2) is 27.2 Å². The normalized spacial score (nSPS) is 14.7. The fraction of sp³-hybridized carbons (Fsp3) is 0.267. The summed E-state index contributed by atoms with van der Waals surface area (Å²) in [5, 5.41) is 9.85. The number of hydrogen-bond donors (Lipinski definition) is 3. The molecule has 1 aromatic carbocycles. The highest BCUT2D eigenvalue weighted by atomic mass is 19.4. The second-order valence-corrected chi connectivity index (χ2v) is 5.59. The number of nitrogen functional groups attached to an aromatic ring is 1. The number of nitrogens with two attached hydrogens (primary N) is 2. The minimum Gasteiger partial charge on any atom is -0.382 e. The molecule has 5 N–H and O–H groups in total. The first kappa shape index (κ1) is 20.4. The largest absolute Gasteiger partial charge is 0.437 e. The predicted molar refractivity (Wildman–Crippen MR) is 80.8 cm³/mol. The van der Waals surface area contributed by atoms with Gasteiger partial charge in [-0.15, -0.1) is 0 Å². The molecule has 1 unspecified atom stereocenters. The number of nitrogens with zero attached hydrogens (tertiary/aromatic N) is 2. The van der Waals surface area contributed by atoms with E-state index in [-0.39, 0.29) is 11.1 Å². The van der Waals surface area contributed by atoms with Crippen LogP contribution in [0.1, 0.15) is 16.8 Å². The van der Waals surface area contributed by atoms with Crippen LogP contribution in [0.4, 0.5) is 32.2 Å². The molecule has 0 spiro atoms. The van der Waals surface area contributed by atoms with E-state index in [1.165, 1.54) is 6.92 Å². The van der Waals surface area contributed by atoms with Gasteiger partial charge < -0.3 is 16.6 Å². The van der Waals surface area contributed by atoms with E-state index in [4.69, 9.17) is 11.5 Å². The Balaban J connectivity index is 2.72. The number of alkyl halides is 6. The molecule has 0 saturated heterocycles. The van der Waals surface area contributed by atoms with Crippen LogP contribution in [-0.2, 0) is 16.6 Å². The molecule has 146 valence electrons. The first-order chi connectivity index (χ1) is 12.2. The minimum absolute atomic E-state index is 0.208. The zero-order valence-electron chi connectivity index (χ0n) is 13.5. The molecule has 1 atom stereocenters. The third-order valence-corrected chi connectivity index (χ3v) is 3.77. The summed E-state index contributed by atoms with van der Waals surface area (Å²) in [6.07, 6.45) is -9.58. The predicted octanol–water partition coefficient (Wildman–Crippen LogP) is 2.29. The topological polar surface area (TPSA) is 115 Å². The van der Waals surface area contributed by atoms with Crippen molar-refractivity contribution >= 4 is 11.7 Å². The maximum absolute atomic E-state index is 13.2. The molecular formula is C15H12F6N4O2. The Labute approximate surface area is 147 Å². The van der Waals surface area contributed by atoms with Crippen molar-refractivity contribution in [3.8, 4) is 11.3 Å². The number of anilines is 1. The average molecular weight is 394 g/mol. The van der Waals surface area contributed by atoms with E-state index in [9.17, 15) is 36.2 Å². The maximum Gasteiger partial charge on any atom is 0.437 e. The van der Waals surface area contributed by atoms with E-state index >= 15 is 0 Å². The number of amides is 1. The number of rotatable bonds is 3. The van der Waals surface area contributed by atoms with Gasteiger partial charge in [0.25, 0.3) is 11.5 Å². The molecular weight excluding hydrogens is 382 g/mol. The lowest BCUT2D eigenvalue weighted by Crippen LogP contribution is -2.52. The van der Waals surface area contributed by atoms with Gasteiger partial charge in [0.05, 0.1) is 11.9 Å². The van der Waals surface area contributed by atoms with Crippen molar-refractivity contribution < 1.29 is 36.2 Å². The molecule has 0 aliphatic carbocycles. The van der Waals surface area contributed by atoms with E-state index in [0.29, 0.717) is 6.07 Å². The van der Waals surface area contributed by atoms with Crippen LogP contribution in [0.3, 0.4) is 0 Å². The third kappa shape index (κ3) is 3.52. The molecule has 2 aromatic rings. The zero-order valence-corrected chi connectivity index (χ0v) is 13.5. The Morgan fingerprint density at radius 2 is 1.74 bits per heavy atom. The molecule has 1 aromatic heterocycles. The number of aliphatic hydroxyl groups is 1. The van der Waals surface area contributed by atoms with Gasteiger partial charge in [0.1, 0.15) is 0 Å². The highest BCUT2D eigenvalue weighted by Crippen LogP contribution is 2.41. The van der Waals surface area contributed by atoms with Gasteiger partial charge in [-0.2, -0.15) is 26.3 Å². The van der Waals surface area contributed by atoms with E-state index < -0.39 is 46.6 Å². The molecule has 0 fully saturated rings. The van der Waals surface area contributed by atoms with Gasteiger partial charge in [0.15, 0.2) is 11.5 Å². The highest BCUT2D eigenvalue weighted by molar-refractivity contribution is 5.86. The summed E-state index contributed by atoms with van der Waals surface area (Å²) >= 11 is 0. The van der Waals surface area contributed by atoms with Gasteiger partial charge in [-0.1, -0.05) is 12.1 Å². The van der Waals surface area contributed by atoms with Crippen molar-refractivity contribution in [1.82, 2.24) is 9.97 Å². The van der Waals surface area contributed by atoms with Crippen LogP contribution >= 0.6 is 0 Å². The van der Waals surface area contributed by atoms with E-state index in [1.54, 1.807) is 0 Å². The van der Waals surface area contributed by atoms with Gasteiger partial charge in [-0.3, -0.25) is 4.79 Å². The summed E-state index contributed by atoms with van der Waals surface area (Å²) in [5.74, 6) is -3.01. The molecule has 0 saturated carbocycles. The molecule has 6 nitrogen and oxygen atoms in total. The van der Waals surface area contributed by atoms with E-state index in [0.717, 1.165) is 18.3 Å². The number of primary amides is 1. The molecule has 27 heavy (non-hydrogen) atoms. The molecule has 0 radical (unpaired) electrons. The molecule has 0 bridgehead atoms. The van der Waals surface area contributed by atoms with Crippen LogP contribution in [0.15, 0.2) is 24.4 Å². The Kier molecular flexibility index (Phi) is 4.82. The van der Waals surface area contributed by atoms with E-state index in [2.05, 4.69) is 9.97 Å². The van der Waals surface area contributed by atoms with Gasteiger partial charge in [-0.25, -0.2) is 9.97 Å². The second kappa shape index (κ2) is 6.37. The van der Waals surface area contributed by atoms with E-state index in [1.807, 2.05) is 0 Å². The Morgan fingerprint density at radius 1 is 1.15 bits per heavy atom. The summed E-state index contributed by atoms with van der Waals surface area (Å²) in [7, 11) is 0. The number of carbonyl (C=O) groups is 1. The number of carbonyl (C=O) groups excluding carboxylic acids is 1. The molecule has 2 rings (SSSR count). The Hall–Kier alpha value is -2.89. The van der Waals surface area contributed by atoms with Gasteiger partial charge >= 0.3 is 12.4 Å². The van der Waals surface area contributed by atoms with Gasteiger partial charge in [0, 0.05) is 11.1 Å².